The second-order valence-electron chi connectivity index (χ2n) is 5.38. The van der Waals surface area contributed by atoms with Crippen molar-refractivity contribution in [2.45, 2.75) is 6.42 Å². The molecule has 6 nitrogen and oxygen atoms in total. The molecule has 26 heavy (non-hydrogen) atoms. The lowest BCUT2D eigenvalue weighted by molar-refractivity contribution is -0.136. The number of hydrogen-bond donors (Lipinski definition) is 3. The maximum atomic E-state index is 13.1. The summed E-state index contributed by atoms with van der Waals surface area (Å²) in [5.41, 5.74) is 1.87. The number of aromatic carboxylic acids is 1. The van der Waals surface area contributed by atoms with Crippen molar-refractivity contribution in [3.63, 3.8) is 0 Å². The van der Waals surface area contributed by atoms with E-state index in [1.807, 2.05) is 0 Å². The number of halogens is 1. The van der Waals surface area contributed by atoms with Crippen LogP contribution in [-0.4, -0.2) is 27.1 Å². The Balaban J connectivity index is 1.91. The average molecular weight is 372 g/mol. The highest BCUT2D eigenvalue weighted by molar-refractivity contribution is 7.16. The number of aliphatic carboxylic acids is 1. The quantitative estimate of drug-likeness (QED) is 0.604. The molecule has 0 spiro atoms. The Hall–Kier alpha value is -3.26. The molecule has 0 atom stereocenters. The molecule has 0 aliphatic heterocycles. The van der Waals surface area contributed by atoms with E-state index in [2.05, 4.69) is 10.3 Å². The van der Waals surface area contributed by atoms with Crippen molar-refractivity contribution < 1.29 is 24.2 Å². The molecule has 0 bridgehead atoms. The van der Waals surface area contributed by atoms with E-state index >= 15 is 0 Å². The molecule has 0 aliphatic rings. The Bertz CT molecular complexity index is 952. The minimum atomic E-state index is -1.02. The van der Waals surface area contributed by atoms with Crippen LogP contribution in [0.25, 0.3) is 11.3 Å². The van der Waals surface area contributed by atoms with Crippen LogP contribution >= 0.6 is 11.3 Å². The van der Waals surface area contributed by atoms with Crippen LogP contribution in [0.3, 0.4) is 0 Å². The third-order valence-electron chi connectivity index (χ3n) is 3.51. The van der Waals surface area contributed by atoms with E-state index in [-0.39, 0.29) is 17.8 Å². The van der Waals surface area contributed by atoms with Crippen LogP contribution in [0.2, 0.25) is 0 Å². The number of aromatic nitrogens is 1. The van der Waals surface area contributed by atoms with Gasteiger partial charge in [-0.15, -0.1) is 11.3 Å². The predicted octanol–water partition coefficient (Wildman–Crippen LogP) is 4.02. The summed E-state index contributed by atoms with van der Waals surface area (Å²) < 4.78 is 13.1. The molecule has 8 heteroatoms. The van der Waals surface area contributed by atoms with Crippen LogP contribution < -0.4 is 5.32 Å². The smallest absolute Gasteiger partial charge is 0.335 e. The van der Waals surface area contributed by atoms with Crippen molar-refractivity contribution >= 4 is 34.1 Å². The van der Waals surface area contributed by atoms with Crippen LogP contribution in [0.5, 0.6) is 0 Å². The van der Waals surface area contributed by atoms with Gasteiger partial charge in [-0.05, 0) is 48.5 Å². The normalized spacial score (nSPS) is 10.5. The van der Waals surface area contributed by atoms with Crippen molar-refractivity contribution in [2.24, 2.45) is 0 Å². The van der Waals surface area contributed by atoms with Gasteiger partial charge in [0.05, 0.1) is 17.7 Å². The standard InChI is InChI=1S/C18H13FN2O4S/c19-12-5-1-10(2-6-12)16-14(9-15(22)23)26-18(21-16)20-13-7-3-11(4-8-13)17(24)25/h1-8H,9H2,(H,20,21)(H,22,23)(H,24,25). The molecule has 0 aliphatic carbocycles. The summed E-state index contributed by atoms with van der Waals surface area (Å²) >= 11 is 1.18. The largest absolute Gasteiger partial charge is 0.481 e. The zero-order chi connectivity index (χ0) is 18.7. The second-order valence-corrected chi connectivity index (χ2v) is 6.46. The first-order valence-corrected chi connectivity index (χ1v) is 8.32. The maximum Gasteiger partial charge on any atom is 0.335 e. The number of carboxylic acids is 2. The van der Waals surface area contributed by atoms with Gasteiger partial charge in [-0.2, -0.15) is 0 Å². The first-order valence-electron chi connectivity index (χ1n) is 7.50. The molecule has 1 aromatic heterocycles. The van der Waals surface area contributed by atoms with Crippen LogP contribution in [0, 0.1) is 5.82 Å². The molecular formula is C18H13FN2O4S. The predicted molar refractivity (Wildman–Crippen MR) is 95.5 cm³/mol. The SMILES string of the molecule is O=C(O)Cc1sc(Nc2ccc(C(=O)O)cc2)nc1-c1ccc(F)cc1. The number of thiazole rings is 1. The molecule has 3 N–H and O–H groups in total. The maximum absolute atomic E-state index is 13.1. The first-order chi connectivity index (χ1) is 12.4. The number of hydrogen-bond acceptors (Lipinski definition) is 5. The van der Waals surface area contributed by atoms with E-state index in [0.717, 1.165) is 0 Å². The summed E-state index contributed by atoms with van der Waals surface area (Å²) in [6.07, 6.45) is -0.204. The molecule has 0 saturated heterocycles. The number of nitrogens with one attached hydrogen (secondary N) is 1. The fourth-order valence-corrected chi connectivity index (χ4v) is 3.31. The van der Waals surface area contributed by atoms with Gasteiger partial charge < -0.3 is 15.5 Å². The Morgan fingerprint density at radius 1 is 1.04 bits per heavy atom. The number of benzene rings is 2. The van der Waals surface area contributed by atoms with Gasteiger partial charge in [-0.3, -0.25) is 4.79 Å². The molecule has 0 unspecified atom stereocenters. The van der Waals surface area contributed by atoms with Gasteiger partial charge >= 0.3 is 11.9 Å². The van der Waals surface area contributed by atoms with E-state index in [1.54, 1.807) is 24.3 Å². The van der Waals surface area contributed by atoms with Gasteiger partial charge in [0.1, 0.15) is 5.82 Å². The van der Waals surface area contributed by atoms with Gasteiger partial charge in [0, 0.05) is 16.1 Å². The molecule has 0 radical (unpaired) electrons. The summed E-state index contributed by atoms with van der Waals surface area (Å²) in [6.45, 7) is 0. The Morgan fingerprint density at radius 2 is 1.69 bits per heavy atom. The van der Waals surface area contributed by atoms with E-state index in [1.165, 1.54) is 35.6 Å². The van der Waals surface area contributed by atoms with Crippen LogP contribution in [0.15, 0.2) is 48.5 Å². The third-order valence-corrected chi connectivity index (χ3v) is 4.48. The molecule has 0 fully saturated rings. The highest BCUT2D eigenvalue weighted by Gasteiger charge is 2.16. The van der Waals surface area contributed by atoms with E-state index in [4.69, 9.17) is 10.2 Å². The van der Waals surface area contributed by atoms with Crippen molar-refractivity contribution in [3.05, 3.63) is 64.8 Å². The van der Waals surface area contributed by atoms with E-state index in [0.29, 0.717) is 27.0 Å². The first kappa shape index (κ1) is 17.6. The van der Waals surface area contributed by atoms with Crippen LogP contribution in [0.4, 0.5) is 15.2 Å². The molecule has 132 valence electrons. The summed E-state index contributed by atoms with van der Waals surface area (Å²) in [5.74, 6) is -2.40. The Kier molecular flexibility index (Phi) is 4.94. The number of carbonyl (C=O) groups is 2. The number of carboxylic acid groups (broad SMARTS) is 2. The average Bonchev–Trinajstić information content (AvgIpc) is 2.97. The van der Waals surface area contributed by atoms with Gasteiger partial charge in [0.15, 0.2) is 5.13 Å². The van der Waals surface area contributed by atoms with Crippen LogP contribution in [0.1, 0.15) is 15.2 Å². The fourth-order valence-electron chi connectivity index (χ4n) is 2.32. The zero-order valence-corrected chi connectivity index (χ0v) is 14.1. The number of anilines is 2. The molecule has 2 aromatic carbocycles. The molecule has 3 rings (SSSR count). The molecule has 0 saturated carbocycles. The lowest BCUT2D eigenvalue weighted by Gasteiger charge is -2.02. The number of rotatable bonds is 6. The van der Waals surface area contributed by atoms with Crippen molar-refractivity contribution in [1.82, 2.24) is 4.98 Å². The summed E-state index contributed by atoms with van der Waals surface area (Å²) in [7, 11) is 0. The molecule has 0 amide bonds. The lowest BCUT2D eigenvalue weighted by Crippen LogP contribution is -1.99. The van der Waals surface area contributed by atoms with Crippen molar-refractivity contribution in [2.75, 3.05) is 5.32 Å². The van der Waals surface area contributed by atoms with E-state index < -0.39 is 11.9 Å². The fraction of sp³-hybridized carbons (Fsp3) is 0.0556. The van der Waals surface area contributed by atoms with E-state index in [9.17, 15) is 14.0 Å². The third kappa shape index (κ3) is 4.04. The zero-order valence-electron chi connectivity index (χ0n) is 13.3. The summed E-state index contributed by atoms with van der Waals surface area (Å²) in [4.78, 5) is 27.0. The summed E-state index contributed by atoms with van der Waals surface area (Å²) in [5, 5.41) is 21.5. The van der Waals surface area contributed by atoms with Gasteiger partial charge in [-0.25, -0.2) is 14.2 Å². The minimum Gasteiger partial charge on any atom is -0.481 e. The lowest BCUT2D eigenvalue weighted by atomic mass is 10.1. The topological polar surface area (TPSA) is 99.5 Å². The monoisotopic (exact) mass is 372 g/mol. The molecule has 1 heterocycles. The van der Waals surface area contributed by atoms with Crippen molar-refractivity contribution in [1.29, 1.82) is 0 Å². The highest BCUT2D eigenvalue weighted by atomic mass is 32.1. The van der Waals surface area contributed by atoms with Crippen LogP contribution in [-0.2, 0) is 11.2 Å². The minimum absolute atomic E-state index is 0.160. The Labute approximate surface area is 151 Å². The van der Waals surface area contributed by atoms with Gasteiger partial charge in [0.25, 0.3) is 0 Å². The molecule has 3 aromatic rings. The van der Waals surface area contributed by atoms with Gasteiger partial charge in [-0.1, -0.05) is 0 Å². The highest BCUT2D eigenvalue weighted by Crippen LogP contribution is 2.33. The molecular weight excluding hydrogens is 359 g/mol. The number of nitrogens with zero attached hydrogens (tertiary/aromatic N) is 1. The second kappa shape index (κ2) is 7.32. The summed E-state index contributed by atoms with van der Waals surface area (Å²) in [6, 6.07) is 11.8. The Morgan fingerprint density at radius 3 is 2.27 bits per heavy atom. The van der Waals surface area contributed by atoms with Crippen molar-refractivity contribution in [3.8, 4) is 11.3 Å². The van der Waals surface area contributed by atoms with Gasteiger partial charge in [0.2, 0.25) is 0 Å².